The zero-order chi connectivity index (χ0) is 24.1. The van der Waals surface area contributed by atoms with Crippen LogP contribution in [0, 0.1) is 5.82 Å². The molecule has 0 saturated carbocycles. The van der Waals surface area contributed by atoms with Gasteiger partial charge in [0, 0.05) is 36.7 Å². The molecule has 2 fully saturated rings. The summed E-state index contributed by atoms with van der Waals surface area (Å²) in [6, 6.07) is 4.04. The van der Waals surface area contributed by atoms with Crippen molar-refractivity contribution in [3.63, 3.8) is 0 Å². The van der Waals surface area contributed by atoms with Crippen LogP contribution in [0.25, 0.3) is 0 Å². The maximum atomic E-state index is 14.6. The van der Waals surface area contributed by atoms with Gasteiger partial charge in [0.1, 0.15) is 11.4 Å². The molecule has 0 N–H and O–H groups in total. The highest BCUT2D eigenvalue weighted by atomic mass is 19.1. The fourth-order valence-corrected chi connectivity index (χ4v) is 3.74. The van der Waals surface area contributed by atoms with E-state index in [2.05, 4.69) is 0 Å². The van der Waals surface area contributed by atoms with E-state index in [-0.39, 0.29) is 23.5 Å². The molecule has 1 aromatic carbocycles. The zero-order valence-electron chi connectivity index (χ0n) is 20.3. The second-order valence-electron chi connectivity index (χ2n) is 10.6. The summed E-state index contributed by atoms with van der Waals surface area (Å²) in [4.78, 5) is 28.9. The maximum Gasteiger partial charge on any atom is 0.497 e. The molecule has 2 aliphatic rings. The summed E-state index contributed by atoms with van der Waals surface area (Å²) in [7, 11) is -0.894. The van der Waals surface area contributed by atoms with Gasteiger partial charge >= 0.3 is 13.2 Å². The first-order valence-electron chi connectivity index (χ1n) is 11.1. The van der Waals surface area contributed by atoms with Crippen LogP contribution in [0.15, 0.2) is 18.2 Å². The summed E-state index contributed by atoms with van der Waals surface area (Å²) in [6.07, 6.45) is -0.388. The summed E-state index contributed by atoms with van der Waals surface area (Å²) < 4.78 is 32.0. The average Bonchev–Trinajstić information content (AvgIpc) is 2.87. The number of halogens is 1. The topological polar surface area (TPSA) is 68.3 Å². The Morgan fingerprint density at radius 2 is 1.72 bits per heavy atom. The highest BCUT2D eigenvalue weighted by molar-refractivity contribution is 6.62. The van der Waals surface area contributed by atoms with E-state index in [9.17, 15) is 14.0 Å². The Kier molecular flexibility index (Phi) is 6.39. The molecule has 0 radical (unpaired) electrons. The third-order valence-corrected chi connectivity index (χ3v) is 6.29. The Labute approximate surface area is 190 Å². The van der Waals surface area contributed by atoms with Crippen LogP contribution in [0.2, 0.25) is 0 Å². The standard InChI is InChI=1S/C23H34BFN2O5/c1-15-14-26(20(29)30-21(2,3)4)11-12-27(15)19(28)16-9-10-18(25)17(13-16)24-31-22(5,6)23(7,8)32-24/h9-10,13,15H,11-12,14H2,1-8H3. The van der Waals surface area contributed by atoms with Crippen molar-refractivity contribution in [2.24, 2.45) is 0 Å². The van der Waals surface area contributed by atoms with Crippen LogP contribution in [0.1, 0.15) is 65.7 Å². The van der Waals surface area contributed by atoms with Crippen LogP contribution >= 0.6 is 0 Å². The Morgan fingerprint density at radius 3 is 2.25 bits per heavy atom. The van der Waals surface area contributed by atoms with Crippen LogP contribution in [-0.2, 0) is 14.0 Å². The molecule has 176 valence electrons. The lowest BCUT2D eigenvalue weighted by atomic mass is 9.77. The van der Waals surface area contributed by atoms with Crippen molar-refractivity contribution in [2.75, 3.05) is 19.6 Å². The number of ether oxygens (including phenoxy) is 1. The summed E-state index contributed by atoms with van der Waals surface area (Å²) in [5.74, 6) is -0.707. The lowest BCUT2D eigenvalue weighted by Gasteiger charge is -2.40. The minimum absolute atomic E-state index is 0.203. The van der Waals surface area contributed by atoms with Crippen molar-refractivity contribution < 1.29 is 28.0 Å². The van der Waals surface area contributed by atoms with E-state index < -0.39 is 29.7 Å². The van der Waals surface area contributed by atoms with Gasteiger partial charge in [-0.3, -0.25) is 4.79 Å². The predicted octanol–water partition coefficient (Wildman–Crippen LogP) is 3.21. The number of benzene rings is 1. The minimum Gasteiger partial charge on any atom is -0.444 e. The third-order valence-electron chi connectivity index (χ3n) is 6.29. The molecule has 2 amide bonds. The number of hydrogen-bond donors (Lipinski definition) is 0. The number of carbonyl (C=O) groups excluding carboxylic acids is 2. The van der Waals surface area contributed by atoms with E-state index in [4.69, 9.17) is 14.0 Å². The number of rotatable bonds is 2. The molecule has 32 heavy (non-hydrogen) atoms. The van der Waals surface area contributed by atoms with E-state index in [0.29, 0.717) is 25.2 Å². The Morgan fingerprint density at radius 1 is 1.12 bits per heavy atom. The van der Waals surface area contributed by atoms with E-state index in [1.165, 1.54) is 18.2 Å². The van der Waals surface area contributed by atoms with E-state index in [1.807, 2.05) is 55.4 Å². The van der Waals surface area contributed by atoms with Crippen LogP contribution < -0.4 is 5.46 Å². The van der Waals surface area contributed by atoms with Crippen LogP contribution in [0.4, 0.5) is 9.18 Å². The number of hydrogen-bond acceptors (Lipinski definition) is 5. The molecule has 1 aromatic rings. The molecular weight excluding hydrogens is 414 g/mol. The monoisotopic (exact) mass is 448 g/mol. The molecule has 3 rings (SSSR count). The van der Waals surface area contributed by atoms with Gasteiger partial charge in [0.05, 0.1) is 11.2 Å². The fraction of sp³-hybridized carbons (Fsp3) is 0.652. The van der Waals surface area contributed by atoms with E-state index in [0.717, 1.165) is 0 Å². The second-order valence-corrected chi connectivity index (χ2v) is 10.6. The summed E-state index contributed by atoms with van der Waals surface area (Å²) in [6.45, 7) is 16.0. The van der Waals surface area contributed by atoms with Crippen LogP contribution in [0.5, 0.6) is 0 Å². The SMILES string of the molecule is CC1CN(C(=O)OC(C)(C)C)CCN1C(=O)c1ccc(F)c(B2OC(C)(C)C(C)(C)O2)c1. The highest BCUT2D eigenvalue weighted by Crippen LogP contribution is 2.36. The molecule has 1 atom stereocenters. The minimum atomic E-state index is -0.894. The molecule has 0 bridgehead atoms. The van der Waals surface area contributed by atoms with Crippen LogP contribution in [-0.4, -0.2) is 71.4 Å². The summed E-state index contributed by atoms with van der Waals surface area (Å²) in [5, 5.41) is 0. The van der Waals surface area contributed by atoms with Gasteiger partial charge in [0.25, 0.3) is 5.91 Å². The van der Waals surface area contributed by atoms with Gasteiger partial charge < -0.3 is 23.8 Å². The predicted molar refractivity (Wildman–Crippen MR) is 120 cm³/mol. The first-order valence-corrected chi connectivity index (χ1v) is 11.1. The van der Waals surface area contributed by atoms with Gasteiger partial charge in [-0.05, 0) is 73.6 Å². The Balaban J connectivity index is 1.74. The van der Waals surface area contributed by atoms with Gasteiger partial charge in [0.15, 0.2) is 0 Å². The quantitative estimate of drug-likeness (QED) is 0.651. The molecule has 1 unspecified atom stereocenters. The first kappa shape index (κ1) is 24.5. The molecule has 2 saturated heterocycles. The van der Waals surface area contributed by atoms with Gasteiger partial charge in [0.2, 0.25) is 0 Å². The third kappa shape index (κ3) is 4.93. The lowest BCUT2D eigenvalue weighted by molar-refractivity contribution is 0.00578. The van der Waals surface area contributed by atoms with Crippen molar-refractivity contribution in [3.05, 3.63) is 29.6 Å². The largest absolute Gasteiger partial charge is 0.497 e. The fourth-order valence-electron chi connectivity index (χ4n) is 3.74. The van der Waals surface area contributed by atoms with Gasteiger partial charge in [-0.1, -0.05) is 0 Å². The van der Waals surface area contributed by atoms with Gasteiger partial charge in [-0.25, -0.2) is 9.18 Å². The molecule has 7 nitrogen and oxygen atoms in total. The normalized spacial score (nSPS) is 22.8. The number of amides is 2. The highest BCUT2D eigenvalue weighted by Gasteiger charge is 2.52. The number of carbonyl (C=O) groups is 2. The van der Waals surface area contributed by atoms with Crippen LogP contribution in [0.3, 0.4) is 0 Å². The lowest BCUT2D eigenvalue weighted by Crippen LogP contribution is -2.56. The summed E-state index contributed by atoms with van der Waals surface area (Å²) in [5.41, 5.74) is -1.25. The summed E-state index contributed by atoms with van der Waals surface area (Å²) >= 11 is 0. The Bertz CT molecular complexity index is 883. The molecule has 9 heteroatoms. The van der Waals surface area contributed by atoms with Gasteiger partial charge in [-0.15, -0.1) is 0 Å². The van der Waals surface area contributed by atoms with Gasteiger partial charge in [-0.2, -0.15) is 0 Å². The van der Waals surface area contributed by atoms with E-state index in [1.54, 1.807) is 9.80 Å². The number of piperazine rings is 1. The average molecular weight is 448 g/mol. The molecule has 2 heterocycles. The molecule has 2 aliphatic heterocycles. The number of nitrogens with zero attached hydrogens (tertiary/aromatic N) is 2. The molecular formula is C23H34BFN2O5. The zero-order valence-corrected chi connectivity index (χ0v) is 20.3. The smallest absolute Gasteiger partial charge is 0.444 e. The first-order chi connectivity index (χ1) is 14.6. The maximum absolute atomic E-state index is 14.6. The molecule has 0 aromatic heterocycles. The Hall–Kier alpha value is -2.13. The van der Waals surface area contributed by atoms with Crippen molar-refractivity contribution in [1.82, 2.24) is 9.80 Å². The van der Waals surface area contributed by atoms with Crippen molar-refractivity contribution in [3.8, 4) is 0 Å². The van der Waals surface area contributed by atoms with Crippen molar-refractivity contribution >= 4 is 24.6 Å². The second kappa shape index (κ2) is 8.34. The molecule has 0 spiro atoms. The van der Waals surface area contributed by atoms with Crippen molar-refractivity contribution in [1.29, 1.82) is 0 Å². The van der Waals surface area contributed by atoms with Crippen molar-refractivity contribution in [2.45, 2.75) is 78.2 Å². The van der Waals surface area contributed by atoms with E-state index >= 15 is 0 Å². The molecule has 0 aliphatic carbocycles.